The van der Waals surface area contributed by atoms with Crippen molar-refractivity contribution in [2.75, 3.05) is 13.1 Å². The zero-order valence-corrected chi connectivity index (χ0v) is 13.9. The Hall–Kier alpha value is 0.380. The fourth-order valence-electron chi connectivity index (χ4n) is 2.14. The molecule has 3 nitrogen and oxygen atoms in total. The quantitative estimate of drug-likeness (QED) is 0.761. The molecule has 1 aromatic rings. The van der Waals surface area contributed by atoms with Gasteiger partial charge in [-0.25, -0.2) is 8.42 Å². The van der Waals surface area contributed by atoms with Gasteiger partial charge in [0, 0.05) is 18.5 Å². The third-order valence-electron chi connectivity index (χ3n) is 3.29. The van der Waals surface area contributed by atoms with Gasteiger partial charge >= 0.3 is 0 Å². The van der Waals surface area contributed by atoms with Gasteiger partial charge in [-0.1, -0.05) is 0 Å². The van der Waals surface area contributed by atoms with Crippen LogP contribution in [-0.4, -0.2) is 31.2 Å². The van der Waals surface area contributed by atoms with E-state index in [0.717, 1.165) is 16.6 Å². The summed E-state index contributed by atoms with van der Waals surface area (Å²) in [5.41, 5.74) is 0. The van der Waals surface area contributed by atoms with Gasteiger partial charge in [-0.05, 0) is 53.7 Å². The lowest BCUT2D eigenvalue weighted by atomic mass is 9.95. The lowest BCUT2D eigenvalue weighted by Crippen LogP contribution is -2.39. The van der Waals surface area contributed by atoms with Crippen LogP contribution in [0.5, 0.6) is 0 Å². The summed E-state index contributed by atoms with van der Waals surface area (Å²) in [5.74, 6) is 0.424. The van der Waals surface area contributed by atoms with Crippen molar-refractivity contribution in [1.82, 2.24) is 4.31 Å². The van der Waals surface area contributed by atoms with Gasteiger partial charge in [0.25, 0.3) is 10.0 Å². The second-order valence-electron chi connectivity index (χ2n) is 4.48. The highest BCUT2D eigenvalue weighted by atomic mass is 79.9. The number of alkyl halides is 1. The van der Waals surface area contributed by atoms with E-state index in [1.54, 1.807) is 16.4 Å². The predicted molar refractivity (Wildman–Crippen MR) is 78.8 cm³/mol. The van der Waals surface area contributed by atoms with Crippen LogP contribution in [0.15, 0.2) is 20.1 Å². The molecule has 18 heavy (non-hydrogen) atoms. The second kappa shape index (κ2) is 5.79. The zero-order valence-electron chi connectivity index (χ0n) is 9.97. The van der Waals surface area contributed by atoms with E-state index in [0.29, 0.717) is 23.2 Å². The van der Waals surface area contributed by atoms with Crippen molar-refractivity contribution in [3.8, 4) is 0 Å². The number of thiophene rings is 1. The molecule has 0 saturated carbocycles. The van der Waals surface area contributed by atoms with Crippen molar-refractivity contribution in [3.05, 3.63) is 15.9 Å². The number of piperidine rings is 1. The Morgan fingerprint density at radius 3 is 2.50 bits per heavy atom. The molecule has 102 valence electrons. The Balaban J connectivity index is 2.09. The van der Waals surface area contributed by atoms with Gasteiger partial charge in [-0.3, -0.25) is 0 Å². The van der Waals surface area contributed by atoms with Crippen LogP contribution in [-0.2, 0) is 10.0 Å². The molecule has 0 amide bonds. The number of sulfonamides is 1. The first-order valence-corrected chi connectivity index (χ1v) is 9.29. The van der Waals surface area contributed by atoms with Crippen molar-refractivity contribution in [3.63, 3.8) is 0 Å². The molecule has 1 unspecified atom stereocenters. The summed E-state index contributed by atoms with van der Waals surface area (Å²) in [5, 5.41) is 0.116. The number of halogens is 2. The van der Waals surface area contributed by atoms with E-state index in [4.69, 9.17) is 11.6 Å². The van der Waals surface area contributed by atoms with Crippen molar-refractivity contribution >= 4 is 48.9 Å². The summed E-state index contributed by atoms with van der Waals surface area (Å²) in [4.78, 5) is 0. The molecule has 0 bridgehead atoms. The molecule has 7 heteroatoms. The Morgan fingerprint density at radius 2 is 2.06 bits per heavy atom. The average molecular weight is 373 g/mol. The summed E-state index contributed by atoms with van der Waals surface area (Å²) in [6.07, 6.45) is 1.69. The molecule has 0 aromatic carbocycles. The first-order chi connectivity index (χ1) is 8.41. The molecule has 1 aliphatic heterocycles. The smallest absolute Gasteiger partial charge is 0.206 e. The molecule has 1 aliphatic rings. The van der Waals surface area contributed by atoms with E-state index in [-0.39, 0.29) is 5.38 Å². The third kappa shape index (κ3) is 3.10. The maximum Gasteiger partial charge on any atom is 0.252 e. The predicted octanol–water partition coefficient (Wildman–Crippen LogP) is 3.54. The fraction of sp³-hybridized carbons (Fsp3) is 0.636. The maximum absolute atomic E-state index is 12.4. The van der Waals surface area contributed by atoms with Gasteiger partial charge in [-0.15, -0.1) is 22.9 Å². The van der Waals surface area contributed by atoms with Crippen molar-refractivity contribution < 1.29 is 8.42 Å². The number of nitrogens with zero attached hydrogens (tertiary/aromatic N) is 1. The minimum absolute atomic E-state index is 0.116. The van der Waals surface area contributed by atoms with Gasteiger partial charge in [0.1, 0.15) is 4.21 Å². The fourth-order valence-corrected chi connectivity index (χ4v) is 6.02. The van der Waals surface area contributed by atoms with Gasteiger partial charge in [0.15, 0.2) is 0 Å². The third-order valence-corrected chi connectivity index (χ3v) is 7.64. The maximum atomic E-state index is 12.4. The van der Waals surface area contributed by atoms with Gasteiger partial charge in [0.05, 0.1) is 3.79 Å². The first-order valence-electron chi connectivity index (χ1n) is 5.81. The minimum Gasteiger partial charge on any atom is -0.206 e. The monoisotopic (exact) mass is 371 g/mol. The Bertz CT molecular complexity index is 507. The van der Waals surface area contributed by atoms with Crippen LogP contribution < -0.4 is 0 Å². The van der Waals surface area contributed by atoms with E-state index in [1.165, 1.54) is 11.3 Å². The lowest BCUT2D eigenvalue weighted by molar-refractivity contribution is 0.272. The highest BCUT2D eigenvalue weighted by Crippen LogP contribution is 2.31. The molecule has 1 saturated heterocycles. The summed E-state index contributed by atoms with van der Waals surface area (Å²) in [7, 11) is -3.31. The van der Waals surface area contributed by atoms with Crippen molar-refractivity contribution in [2.24, 2.45) is 5.92 Å². The van der Waals surface area contributed by atoms with Gasteiger partial charge in [-0.2, -0.15) is 4.31 Å². The Morgan fingerprint density at radius 1 is 1.44 bits per heavy atom. The average Bonchev–Trinajstić information content (AvgIpc) is 2.76. The largest absolute Gasteiger partial charge is 0.252 e. The molecule has 1 aromatic heterocycles. The van der Waals surface area contributed by atoms with Crippen LogP contribution in [0.25, 0.3) is 0 Å². The topological polar surface area (TPSA) is 37.4 Å². The Kier molecular flexibility index (Phi) is 4.75. The van der Waals surface area contributed by atoms with E-state index >= 15 is 0 Å². The number of hydrogen-bond acceptors (Lipinski definition) is 3. The highest BCUT2D eigenvalue weighted by molar-refractivity contribution is 9.11. The summed E-state index contributed by atoms with van der Waals surface area (Å²) in [6, 6.07) is 3.42. The molecule has 1 fully saturated rings. The lowest BCUT2D eigenvalue weighted by Gasteiger charge is -2.31. The van der Waals surface area contributed by atoms with Gasteiger partial charge in [0.2, 0.25) is 0 Å². The van der Waals surface area contributed by atoms with Crippen LogP contribution in [0.1, 0.15) is 19.8 Å². The molecule has 0 radical (unpaired) electrons. The SMILES string of the molecule is CC(Cl)C1CCN(S(=O)(=O)c2ccc(Br)s2)CC1. The number of rotatable bonds is 3. The molecule has 2 heterocycles. The molecule has 2 rings (SSSR count). The first kappa shape index (κ1) is 14.8. The molecule has 1 atom stereocenters. The van der Waals surface area contributed by atoms with Crippen LogP contribution in [0.4, 0.5) is 0 Å². The van der Waals surface area contributed by atoms with Crippen LogP contribution in [0.2, 0.25) is 0 Å². The standard InChI is InChI=1S/C11H15BrClNO2S2/c1-8(13)9-4-6-14(7-5-9)18(15,16)11-3-2-10(12)17-11/h2-3,8-9H,4-7H2,1H3. The summed E-state index contributed by atoms with van der Waals surface area (Å²) in [6.45, 7) is 3.12. The van der Waals surface area contributed by atoms with Crippen LogP contribution in [0, 0.1) is 5.92 Å². The molecule has 0 spiro atoms. The van der Waals surface area contributed by atoms with E-state index in [9.17, 15) is 8.42 Å². The van der Waals surface area contributed by atoms with Crippen molar-refractivity contribution in [2.45, 2.75) is 29.4 Å². The van der Waals surface area contributed by atoms with Crippen LogP contribution in [0.3, 0.4) is 0 Å². The molecule has 0 aliphatic carbocycles. The van der Waals surface area contributed by atoms with E-state index < -0.39 is 10.0 Å². The van der Waals surface area contributed by atoms with Gasteiger partial charge < -0.3 is 0 Å². The normalized spacial score (nSPS) is 21.1. The minimum atomic E-state index is -3.31. The van der Waals surface area contributed by atoms with Crippen molar-refractivity contribution in [1.29, 1.82) is 0 Å². The molecular formula is C11H15BrClNO2S2. The summed E-state index contributed by atoms with van der Waals surface area (Å²) >= 11 is 10.6. The zero-order chi connectivity index (χ0) is 13.3. The Labute approximate surface area is 125 Å². The second-order valence-corrected chi connectivity index (χ2v) is 9.79. The van der Waals surface area contributed by atoms with E-state index in [2.05, 4.69) is 15.9 Å². The highest BCUT2D eigenvalue weighted by Gasteiger charge is 2.31. The van der Waals surface area contributed by atoms with Crippen LogP contribution >= 0.6 is 38.9 Å². The van der Waals surface area contributed by atoms with E-state index in [1.807, 2.05) is 6.92 Å². The molecule has 0 N–H and O–H groups in total. The summed E-state index contributed by atoms with van der Waals surface area (Å²) < 4.78 is 27.5. The number of hydrogen-bond donors (Lipinski definition) is 0. The molecular weight excluding hydrogens is 358 g/mol.